The number of hydrogen-bond acceptors (Lipinski definition) is 6. The van der Waals surface area contributed by atoms with Crippen LogP contribution in [0.15, 0.2) is 97.8 Å². The molecule has 0 aliphatic carbocycles. The van der Waals surface area contributed by atoms with E-state index in [0.717, 1.165) is 57.2 Å². The van der Waals surface area contributed by atoms with E-state index < -0.39 is 0 Å². The predicted molar refractivity (Wildman–Crippen MR) is 165 cm³/mol. The minimum atomic E-state index is -0.0198. The first-order chi connectivity index (χ1) is 18.4. The lowest BCUT2D eigenvalue weighted by atomic mass is 10.0. The Bertz CT molecular complexity index is 1460. The van der Waals surface area contributed by atoms with Gasteiger partial charge in [-0.2, -0.15) is 4.99 Å². The Morgan fingerprint density at radius 1 is 0.711 bits per heavy atom. The van der Waals surface area contributed by atoms with Gasteiger partial charge in [0.2, 0.25) is 0 Å². The lowest BCUT2D eigenvalue weighted by Crippen LogP contribution is -2.17. The van der Waals surface area contributed by atoms with Gasteiger partial charge in [0, 0.05) is 22.8 Å². The van der Waals surface area contributed by atoms with Crippen LogP contribution >= 0.6 is 12.2 Å². The monoisotopic (exact) mass is 519 g/mol. The van der Waals surface area contributed by atoms with Crippen molar-refractivity contribution in [3.05, 3.63) is 101 Å². The molecule has 0 amide bonds. The van der Waals surface area contributed by atoms with E-state index in [1.54, 1.807) is 0 Å². The summed E-state index contributed by atoms with van der Waals surface area (Å²) in [4.78, 5) is 23.8. The summed E-state index contributed by atoms with van der Waals surface area (Å²) < 4.78 is 0. The zero-order chi connectivity index (χ0) is 26.9. The van der Waals surface area contributed by atoms with Crippen LogP contribution in [-0.4, -0.2) is 53.7 Å². The molecule has 0 N–H and O–H groups in total. The topological polar surface area (TPSA) is 61.8 Å². The molecule has 1 heterocycles. The van der Waals surface area contributed by atoms with Gasteiger partial charge < -0.3 is 0 Å². The van der Waals surface area contributed by atoms with Crippen LogP contribution in [0.25, 0.3) is 0 Å². The summed E-state index contributed by atoms with van der Waals surface area (Å²) in [7, 11) is 0. The first-order valence-corrected chi connectivity index (χ1v) is 13.3. The molecule has 1 unspecified atom stereocenters. The van der Waals surface area contributed by atoms with Gasteiger partial charge in [-0.1, -0.05) is 48.5 Å². The maximum atomic E-state index is 5.17. The van der Waals surface area contributed by atoms with E-state index in [0.29, 0.717) is 19.6 Å². The molecule has 0 spiro atoms. The van der Waals surface area contributed by atoms with Crippen molar-refractivity contribution in [2.75, 3.05) is 19.6 Å². The van der Waals surface area contributed by atoms with E-state index in [4.69, 9.17) is 32.2 Å². The van der Waals surface area contributed by atoms with Crippen LogP contribution in [-0.2, 0) is 6.42 Å². The third-order valence-corrected chi connectivity index (χ3v) is 6.78. The molecule has 1 atom stereocenters. The van der Waals surface area contributed by atoms with E-state index >= 15 is 0 Å². The van der Waals surface area contributed by atoms with E-state index in [1.165, 1.54) is 5.56 Å². The van der Waals surface area contributed by atoms with E-state index in [-0.39, 0.29) is 6.04 Å². The fourth-order valence-corrected chi connectivity index (χ4v) is 4.53. The second-order valence-corrected chi connectivity index (χ2v) is 9.65. The fraction of sp³-hybridized carbons (Fsp3) is 0.281. The zero-order valence-corrected chi connectivity index (χ0v) is 23.3. The Balaban J connectivity index is 1.74. The van der Waals surface area contributed by atoms with Gasteiger partial charge in [-0.25, -0.2) is 0 Å². The van der Waals surface area contributed by atoms with Crippen LogP contribution in [0, 0.1) is 0 Å². The third-order valence-electron chi connectivity index (χ3n) is 6.69. The number of nitrogens with zero attached hydrogens (tertiary/aromatic N) is 5. The Hall–Kier alpha value is -3.86. The summed E-state index contributed by atoms with van der Waals surface area (Å²) in [5.41, 5.74) is 10.4. The Kier molecular flexibility index (Phi) is 9.36. The number of aliphatic imine (C=N–C) groups is 5. The maximum Gasteiger partial charge on any atom is 0.0739 e. The molecular formula is C32H33N5S. The molecule has 3 aromatic rings. The van der Waals surface area contributed by atoms with Crippen LogP contribution in [0.2, 0.25) is 0 Å². The standard InChI is InChI=1S/C32H33N5S/c1-22-27-7-5-9-29(18-27)24(3)35-20-32(17-26-11-13-31(14-12-26)36-21-38)37-25(4)30-10-6-8-28(19-30)23(2)34-16-15-33-22/h5-14,18-19,32H,15-17,20H2,1-4H3. The molecule has 192 valence electrons. The van der Waals surface area contributed by atoms with Gasteiger partial charge in [-0.3, -0.25) is 20.0 Å². The van der Waals surface area contributed by atoms with Crippen molar-refractivity contribution in [1.29, 1.82) is 0 Å². The summed E-state index contributed by atoms with van der Waals surface area (Å²) in [5, 5.41) is 2.42. The van der Waals surface area contributed by atoms with Gasteiger partial charge in [0.1, 0.15) is 0 Å². The highest BCUT2D eigenvalue weighted by Crippen LogP contribution is 2.17. The summed E-state index contributed by atoms with van der Waals surface area (Å²) in [6.45, 7) is 10.1. The molecule has 4 bridgehead atoms. The number of rotatable bonds is 3. The molecule has 38 heavy (non-hydrogen) atoms. The lowest BCUT2D eigenvalue weighted by Gasteiger charge is -2.14. The highest BCUT2D eigenvalue weighted by molar-refractivity contribution is 7.78. The van der Waals surface area contributed by atoms with Crippen LogP contribution in [0.3, 0.4) is 0 Å². The van der Waals surface area contributed by atoms with E-state index in [9.17, 15) is 0 Å². The maximum absolute atomic E-state index is 5.17. The largest absolute Gasteiger partial charge is 0.288 e. The van der Waals surface area contributed by atoms with Crippen molar-refractivity contribution < 1.29 is 0 Å². The summed E-state index contributed by atoms with van der Waals surface area (Å²) in [6.07, 6.45) is 0.766. The first kappa shape index (κ1) is 27.2. The molecular weight excluding hydrogens is 486 g/mol. The van der Waals surface area contributed by atoms with Gasteiger partial charge >= 0.3 is 0 Å². The van der Waals surface area contributed by atoms with Crippen molar-refractivity contribution in [3.63, 3.8) is 0 Å². The number of isothiocyanates is 1. The molecule has 0 saturated heterocycles. The van der Waals surface area contributed by atoms with Crippen LogP contribution in [0.5, 0.6) is 0 Å². The number of benzene rings is 3. The highest BCUT2D eigenvalue weighted by atomic mass is 32.1. The molecule has 3 aromatic carbocycles. The molecule has 0 saturated carbocycles. The average molecular weight is 520 g/mol. The summed E-state index contributed by atoms with van der Waals surface area (Å²) in [6, 6.07) is 24.9. The second-order valence-electron chi connectivity index (χ2n) is 9.46. The Labute approximate surface area is 230 Å². The summed E-state index contributed by atoms with van der Waals surface area (Å²) >= 11 is 4.73. The quantitative estimate of drug-likeness (QED) is 0.272. The van der Waals surface area contributed by atoms with Crippen molar-refractivity contribution in [3.8, 4) is 0 Å². The van der Waals surface area contributed by atoms with Crippen LogP contribution in [0.4, 0.5) is 5.69 Å². The predicted octanol–water partition coefficient (Wildman–Crippen LogP) is 6.98. The number of thiocarbonyl (C=S) groups is 1. The third kappa shape index (κ3) is 7.34. The fourth-order valence-electron chi connectivity index (χ4n) is 4.42. The van der Waals surface area contributed by atoms with Gasteiger partial charge in [0.25, 0.3) is 0 Å². The molecule has 4 rings (SSSR count). The number of fused-ring (bicyclic) bond motifs is 4. The van der Waals surface area contributed by atoms with Crippen LogP contribution < -0.4 is 0 Å². The second kappa shape index (κ2) is 13.1. The average Bonchev–Trinajstić information content (AvgIpc) is 2.94. The first-order valence-electron chi connectivity index (χ1n) is 12.9. The van der Waals surface area contributed by atoms with E-state index in [1.807, 2.05) is 12.1 Å². The zero-order valence-electron chi connectivity index (χ0n) is 22.5. The molecule has 0 aromatic heterocycles. The lowest BCUT2D eigenvalue weighted by molar-refractivity contribution is 0.682. The normalized spacial score (nSPS) is 16.6. The van der Waals surface area contributed by atoms with Gasteiger partial charge in [-0.05, 0) is 98.4 Å². The van der Waals surface area contributed by atoms with Crippen molar-refractivity contribution in [1.82, 2.24) is 0 Å². The smallest absolute Gasteiger partial charge is 0.0739 e. The molecule has 6 heteroatoms. The van der Waals surface area contributed by atoms with Crippen molar-refractivity contribution in [2.45, 2.75) is 40.2 Å². The Morgan fingerprint density at radius 2 is 1.21 bits per heavy atom. The Morgan fingerprint density at radius 3 is 1.74 bits per heavy atom. The molecule has 0 fully saturated rings. The van der Waals surface area contributed by atoms with Gasteiger partial charge in [-0.15, -0.1) is 0 Å². The van der Waals surface area contributed by atoms with Gasteiger partial charge in [0.05, 0.1) is 36.5 Å². The van der Waals surface area contributed by atoms with Crippen LogP contribution in [0.1, 0.15) is 55.5 Å². The SMILES string of the molecule is CC1=NCCN=C(C)c2cccc(c2)C(C)=NC(Cc2ccc(N=C=S)cc2)CN=C(C)c2cccc1c2. The molecule has 0 radical (unpaired) electrons. The van der Waals surface area contributed by atoms with Crippen molar-refractivity contribution >= 4 is 45.9 Å². The minimum Gasteiger partial charge on any atom is -0.288 e. The van der Waals surface area contributed by atoms with E-state index in [2.05, 4.69) is 98.5 Å². The minimum absolute atomic E-state index is 0.0198. The number of hydrogen-bond donors (Lipinski definition) is 0. The molecule has 5 nitrogen and oxygen atoms in total. The summed E-state index contributed by atoms with van der Waals surface area (Å²) in [5.74, 6) is 0. The highest BCUT2D eigenvalue weighted by Gasteiger charge is 2.12. The van der Waals surface area contributed by atoms with Crippen molar-refractivity contribution in [2.24, 2.45) is 25.0 Å². The molecule has 1 aliphatic rings. The van der Waals surface area contributed by atoms with Gasteiger partial charge in [0.15, 0.2) is 0 Å². The molecule has 1 aliphatic heterocycles.